The molecular formula is C28H35N7O5S2. The van der Waals surface area contributed by atoms with Crippen molar-refractivity contribution in [1.29, 1.82) is 0 Å². The van der Waals surface area contributed by atoms with Gasteiger partial charge in [0.1, 0.15) is 10.1 Å². The lowest BCUT2D eigenvalue weighted by molar-refractivity contribution is -0.136. The van der Waals surface area contributed by atoms with E-state index in [0.717, 1.165) is 11.4 Å². The highest BCUT2D eigenvalue weighted by atomic mass is 32.2. The van der Waals surface area contributed by atoms with Crippen molar-refractivity contribution < 1.29 is 22.7 Å². The van der Waals surface area contributed by atoms with Crippen LogP contribution in [-0.2, 0) is 19.6 Å². The molecule has 0 spiro atoms. The summed E-state index contributed by atoms with van der Waals surface area (Å²) in [5, 5.41) is 3.57. The van der Waals surface area contributed by atoms with Gasteiger partial charge in [0.2, 0.25) is 5.91 Å². The third-order valence-electron chi connectivity index (χ3n) is 8.41. The molecule has 1 aromatic heterocycles. The van der Waals surface area contributed by atoms with Crippen molar-refractivity contribution in [2.75, 3.05) is 59.5 Å². The summed E-state index contributed by atoms with van der Waals surface area (Å²) in [4.78, 5) is 35.8. The van der Waals surface area contributed by atoms with Crippen molar-refractivity contribution in [2.45, 2.75) is 36.2 Å². The van der Waals surface area contributed by atoms with Gasteiger partial charge in [-0.15, -0.1) is 6.42 Å². The largest absolute Gasteiger partial charge is 0.378 e. The van der Waals surface area contributed by atoms with E-state index >= 15 is 0 Å². The monoisotopic (exact) mass is 613 g/mol. The first-order chi connectivity index (χ1) is 20.2. The molecule has 1 aromatic carbocycles. The Bertz CT molecular complexity index is 1580. The second-order valence-corrected chi connectivity index (χ2v) is 14.1. The Morgan fingerprint density at radius 3 is 2.69 bits per heavy atom. The average Bonchev–Trinajstić information content (AvgIpc) is 3.57. The van der Waals surface area contributed by atoms with E-state index in [0.29, 0.717) is 49.3 Å². The van der Waals surface area contributed by atoms with Gasteiger partial charge >= 0.3 is 6.03 Å². The fourth-order valence-electron chi connectivity index (χ4n) is 5.86. The van der Waals surface area contributed by atoms with Gasteiger partial charge in [0.15, 0.2) is 0 Å². The van der Waals surface area contributed by atoms with Gasteiger partial charge in [-0.2, -0.15) is 4.31 Å². The van der Waals surface area contributed by atoms with Crippen LogP contribution in [0.1, 0.15) is 25.3 Å². The molecule has 2 atom stereocenters. The summed E-state index contributed by atoms with van der Waals surface area (Å²) in [5.41, 5.74) is 5.78. The molecule has 2 saturated heterocycles. The van der Waals surface area contributed by atoms with E-state index in [1.165, 1.54) is 10.0 Å². The maximum atomic E-state index is 13.9. The number of terminal acetylenes is 1. The number of aromatic nitrogens is 1. The van der Waals surface area contributed by atoms with Crippen LogP contribution in [0.25, 0.3) is 10.9 Å². The molecule has 12 nitrogen and oxygen atoms in total. The molecule has 2 unspecified atom stereocenters. The summed E-state index contributed by atoms with van der Waals surface area (Å²) in [5.74, 6) is 2.45. The first-order valence-electron chi connectivity index (χ1n) is 14.1. The number of fused-ring (bicyclic) bond motifs is 1. The number of hydrogen-bond donors (Lipinski definition) is 2. The van der Waals surface area contributed by atoms with Gasteiger partial charge in [0.05, 0.1) is 24.6 Å². The molecule has 4 aliphatic heterocycles. The molecule has 14 heteroatoms. The predicted octanol–water partition coefficient (Wildman–Crippen LogP) is 1.60. The van der Waals surface area contributed by atoms with Crippen LogP contribution in [0.3, 0.4) is 0 Å². The average molecular weight is 614 g/mol. The highest BCUT2D eigenvalue weighted by Gasteiger charge is 2.41. The topological polar surface area (TPSA) is 122 Å². The number of thioether (sulfide) groups is 1. The molecule has 5 heterocycles. The lowest BCUT2D eigenvalue weighted by atomic mass is 10.1. The Balaban J connectivity index is 1.23. The minimum absolute atomic E-state index is 0.00539. The van der Waals surface area contributed by atoms with Crippen LogP contribution < -0.4 is 5.43 Å². The third kappa shape index (κ3) is 5.30. The summed E-state index contributed by atoms with van der Waals surface area (Å²) < 4.78 is 34.4. The Morgan fingerprint density at radius 1 is 1.14 bits per heavy atom. The summed E-state index contributed by atoms with van der Waals surface area (Å²) >= 11 is 1.67. The zero-order valence-corrected chi connectivity index (χ0v) is 25.3. The molecule has 2 fully saturated rings. The SMILES string of the molecule is C#Cc1ccc2[nH]c(S(=O)(=O)N3CCN(C(=O)N4CCC5=C(N4)SC(C)N5C)C(CC(=O)N4CCOCC4)C3)cc2c1. The summed E-state index contributed by atoms with van der Waals surface area (Å²) in [6.07, 6.45) is 6.26. The van der Waals surface area contributed by atoms with Gasteiger partial charge in [0.25, 0.3) is 10.0 Å². The minimum Gasteiger partial charge on any atom is -0.378 e. The van der Waals surface area contributed by atoms with Crippen LogP contribution in [0, 0.1) is 12.3 Å². The Labute approximate surface area is 250 Å². The number of nitrogens with one attached hydrogen (secondary N) is 2. The molecule has 2 N–H and O–H groups in total. The zero-order valence-electron chi connectivity index (χ0n) is 23.7. The summed E-state index contributed by atoms with van der Waals surface area (Å²) in [7, 11) is -1.89. The smallest absolute Gasteiger partial charge is 0.339 e. The molecule has 3 amide bonds. The normalized spacial score (nSPS) is 23.6. The number of ether oxygens (including phenoxy) is 1. The van der Waals surface area contributed by atoms with Gasteiger partial charge < -0.3 is 24.4 Å². The first-order valence-corrected chi connectivity index (χ1v) is 16.4. The maximum Gasteiger partial charge on any atom is 0.339 e. The third-order valence-corrected chi connectivity index (χ3v) is 11.4. The molecule has 0 bridgehead atoms. The van der Waals surface area contributed by atoms with E-state index in [1.807, 2.05) is 7.05 Å². The second-order valence-electron chi connectivity index (χ2n) is 10.9. The number of carbonyl (C=O) groups is 2. The van der Waals surface area contributed by atoms with Gasteiger partial charge in [-0.25, -0.2) is 18.2 Å². The van der Waals surface area contributed by atoms with E-state index in [2.05, 4.69) is 28.2 Å². The van der Waals surface area contributed by atoms with E-state index in [9.17, 15) is 18.0 Å². The highest BCUT2D eigenvalue weighted by Crippen LogP contribution is 2.39. The number of nitrogens with zero attached hydrogens (tertiary/aromatic N) is 5. The van der Waals surface area contributed by atoms with E-state index in [4.69, 9.17) is 11.2 Å². The van der Waals surface area contributed by atoms with Gasteiger partial charge in [-0.1, -0.05) is 17.7 Å². The Kier molecular flexibility index (Phi) is 7.77. The molecule has 4 aliphatic rings. The van der Waals surface area contributed by atoms with Gasteiger partial charge in [0, 0.05) is 81.3 Å². The van der Waals surface area contributed by atoms with Crippen LogP contribution in [0.15, 0.2) is 40.0 Å². The molecule has 224 valence electrons. The number of urea groups is 1. The van der Waals surface area contributed by atoms with Crippen molar-refractivity contribution in [1.82, 2.24) is 34.4 Å². The van der Waals surface area contributed by atoms with E-state index < -0.39 is 16.1 Å². The number of benzene rings is 1. The quantitative estimate of drug-likeness (QED) is 0.499. The molecule has 0 saturated carbocycles. The number of amides is 3. The number of H-pyrrole nitrogens is 1. The summed E-state index contributed by atoms with van der Waals surface area (Å²) in [6.45, 7) is 4.74. The number of carbonyl (C=O) groups excluding carboxylic acids is 2. The van der Waals surface area contributed by atoms with Crippen LogP contribution in [0.5, 0.6) is 0 Å². The molecular weight excluding hydrogens is 578 g/mol. The number of hydrazine groups is 1. The van der Waals surface area contributed by atoms with Gasteiger partial charge in [-0.3, -0.25) is 10.2 Å². The van der Waals surface area contributed by atoms with Gasteiger partial charge in [-0.05, 0) is 31.2 Å². The van der Waals surface area contributed by atoms with Crippen molar-refractivity contribution in [2.24, 2.45) is 0 Å². The predicted molar refractivity (Wildman–Crippen MR) is 159 cm³/mol. The standard InChI is InChI=1S/C28H35N7O5S2/c1-4-20-5-6-23-21(15-20)16-25(29-23)42(38,39)33-9-10-34(22(18-33)17-26(36)32-11-13-40-14-12-32)28(37)35-8-7-24-27(30-35)41-19(2)31(24)3/h1,5-6,15-16,19,22,29-30H,7-14,17-18H2,2-3H3. The number of aromatic amines is 1. The van der Waals surface area contributed by atoms with Crippen LogP contribution in [-0.4, -0.2) is 120 Å². The number of morpholine rings is 1. The lowest BCUT2D eigenvalue weighted by Gasteiger charge is -2.43. The summed E-state index contributed by atoms with van der Waals surface area (Å²) in [6, 6.07) is 5.97. The molecule has 6 rings (SSSR count). The molecule has 0 aliphatic carbocycles. The number of sulfonamides is 1. The number of piperazine rings is 1. The lowest BCUT2D eigenvalue weighted by Crippen LogP contribution is -2.62. The number of rotatable bonds is 4. The van der Waals surface area contributed by atoms with Crippen molar-refractivity contribution in [3.8, 4) is 12.3 Å². The molecule has 2 aromatic rings. The number of hydrogen-bond acceptors (Lipinski definition) is 8. The van der Waals surface area contributed by atoms with Crippen LogP contribution >= 0.6 is 11.8 Å². The second kappa shape index (κ2) is 11.4. The fourth-order valence-corrected chi connectivity index (χ4v) is 8.52. The van der Waals surface area contributed by atoms with Crippen LogP contribution in [0.4, 0.5) is 4.79 Å². The fraction of sp³-hybridized carbons (Fsp3) is 0.500. The minimum atomic E-state index is -3.94. The van der Waals surface area contributed by atoms with E-state index in [1.54, 1.807) is 50.8 Å². The van der Waals surface area contributed by atoms with Crippen LogP contribution in [0.2, 0.25) is 0 Å². The Morgan fingerprint density at radius 2 is 1.93 bits per heavy atom. The Hall–Kier alpha value is -3.38. The van der Waals surface area contributed by atoms with Crippen molar-refractivity contribution >= 4 is 44.6 Å². The van der Waals surface area contributed by atoms with Crippen molar-refractivity contribution in [3.63, 3.8) is 0 Å². The van der Waals surface area contributed by atoms with E-state index in [-0.39, 0.29) is 48.4 Å². The first kappa shape index (κ1) is 28.7. The zero-order chi connectivity index (χ0) is 29.6. The maximum absolute atomic E-state index is 13.9. The highest BCUT2D eigenvalue weighted by molar-refractivity contribution is 8.03. The van der Waals surface area contributed by atoms with Crippen molar-refractivity contribution in [3.05, 3.63) is 40.6 Å². The molecule has 42 heavy (non-hydrogen) atoms. The molecule has 0 radical (unpaired) electrons.